The van der Waals surface area contributed by atoms with Gasteiger partial charge >= 0.3 is 0 Å². The summed E-state index contributed by atoms with van der Waals surface area (Å²) in [5, 5.41) is 0. The van der Waals surface area contributed by atoms with Crippen LogP contribution < -0.4 is 10.9 Å². The lowest BCUT2D eigenvalue weighted by Gasteiger charge is -2.11. The van der Waals surface area contributed by atoms with Crippen molar-refractivity contribution in [2.24, 2.45) is 5.92 Å². The number of nitrogens with one attached hydrogen (secondary N) is 2. The zero-order chi connectivity index (χ0) is 9.40. The van der Waals surface area contributed by atoms with Crippen LogP contribution in [-0.2, 0) is 4.79 Å². The van der Waals surface area contributed by atoms with Crippen LogP contribution in [0, 0.1) is 5.92 Å². The van der Waals surface area contributed by atoms with Gasteiger partial charge in [0.2, 0.25) is 5.91 Å². The zero-order valence-corrected chi connectivity index (χ0v) is 8.31. The van der Waals surface area contributed by atoms with E-state index < -0.39 is 0 Å². The van der Waals surface area contributed by atoms with E-state index in [1.54, 1.807) is 0 Å². The number of hydrogen-bond acceptors (Lipinski definition) is 2. The average Bonchev–Trinajstić information content (AvgIpc) is 2.05. The predicted octanol–water partition coefficient (Wildman–Crippen LogP) is 1.45. The molecule has 0 saturated carbocycles. The third-order valence-corrected chi connectivity index (χ3v) is 1.76. The van der Waals surface area contributed by atoms with Gasteiger partial charge in [0.05, 0.1) is 0 Å². The summed E-state index contributed by atoms with van der Waals surface area (Å²) in [6.07, 6.45) is 3.05. The number of carbonyl (C=O) groups excluding carboxylic acids is 1. The summed E-state index contributed by atoms with van der Waals surface area (Å²) in [7, 11) is 0. The number of rotatable bonds is 6. The van der Waals surface area contributed by atoms with Crippen LogP contribution in [0.5, 0.6) is 0 Å². The lowest BCUT2D eigenvalue weighted by atomic mass is 10.1. The molecule has 0 heterocycles. The quantitative estimate of drug-likeness (QED) is 0.470. The summed E-state index contributed by atoms with van der Waals surface area (Å²) in [5.74, 6) is 0.227. The normalized spacial score (nSPS) is 12.6. The molecule has 0 radical (unpaired) electrons. The van der Waals surface area contributed by atoms with Gasteiger partial charge in [0.25, 0.3) is 0 Å². The molecule has 0 saturated heterocycles. The van der Waals surface area contributed by atoms with Crippen LogP contribution in [0.15, 0.2) is 0 Å². The maximum atomic E-state index is 11.2. The minimum absolute atomic E-state index is 0.102. The standard InChI is InChI=1S/C9H20N2O/c1-4-6-8(3)9(12)11-10-7-5-2/h8,10H,4-7H2,1-3H3,(H,11,12). The molecule has 0 rings (SSSR count). The Balaban J connectivity index is 3.43. The molecule has 2 N–H and O–H groups in total. The first-order valence-electron chi connectivity index (χ1n) is 4.75. The van der Waals surface area contributed by atoms with E-state index in [4.69, 9.17) is 0 Å². The molecular weight excluding hydrogens is 152 g/mol. The van der Waals surface area contributed by atoms with E-state index in [0.29, 0.717) is 0 Å². The van der Waals surface area contributed by atoms with Gasteiger partial charge in [-0.15, -0.1) is 0 Å². The second-order valence-electron chi connectivity index (χ2n) is 3.11. The van der Waals surface area contributed by atoms with Crippen molar-refractivity contribution in [3.8, 4) is 0 Å². The third-order valence-electron chi connectivity index (χ3n) is 1.76. The molecule has 3 nitrogen and oxygen atoms in total. The van der Waals surface area contributed by atoms with Gasteiger partial charge in [-0.05, 0) is 12.8 Å². The summed E-state index contributed by atoms with van der Waals surface area (Å²) in [6, 6.07) is 0. The minimum atomic E-state index is 0.102. The summed E-state index contributed by atoms with van der Waals surface area (Å²) in [5.41, 5.74) is 5.55. The highest BCUT2D eigenvalue weighted by molar-refractivity contribution is 5.77. The first-order chi connectivity index (χ1) is 5.72. The Morgan fingerprint density at radius 3 is 2.50 bits per heavy atom. The van der Waals surface area contributed by atoms with Gasteiger partial charge in [0.1, 0.15) is 0 Å². The molecule has 0 aromatic rings. The summed E-state index contributed by atoms with van der Waals surface area (Å²) >= 11 is 0. The summed E-state index contributed by atoms with van der Waals surface area (Å²) in [6.45, 7) is 6.94. The van der Waals surface area contributed by atoms with Gasteiger partial charge in [-0.3, -0.25) is 10.2 Å². The molecule has 0 fully saturated rings. The van der Waals surface area contributed by atoms with E-state index >= 15 is 0 Å². The number of hydrazine groups is 1. The molecule has 0 aliphatic rings. The van der Waals surface area contributed by atoms with Gasteiger partial charge in [-0.2, -0.15) is 0 Å². The maximum absolute atomic E-state index is 11.2. The van der Waals surface area contributed by atoms with Crippen LogP contribution in [0.1, 0.15) is 40.0 Å². The van der Waals surface area contributed by atoms with Crippen molar-refractivity contribution in [2.45, 2.75) is 40.0 Å². The van der Waals surface area contributed by atoms with E-state index in [0.717, 1.165) is 25.8 Å². The van der Waals surface area contributed by atoms with E-state index in [9.17, 15) is 4.79 Å². The van der Waals surface area contributed by atoms with E-state index in [1.165, 1.54) is 0 Å². The van der Waals surface area contributed by atoms with Gasteiger partial charge in [0.15, 0.2) is 0 Å². The molecule has 0 spiro atoms. The Morgan fingerprint density at radius 1 is 1.33 bits per heavy atom. The van der Waals surface area contributed by atoms with E-state index in [2.05, 4.69) is 24.7 Å². The monoisotopic (exact) mass is 172 g/mol. The summed E-state index contributed by atoms with van der Waals surface area (Å²) in [4.78, 5) is 11.2. The van der Waals surface area contributed by atoms with E-state index in [1.807, 2.05) is 6.92 Å². The van der Waals surface area contributed by atoms with Crippen LogP contribution in [0.2, 0.25) is 0 Å². The topological polar surface area (TPSA) is 41.1 Å². The lowest BCUT2D eigenvalue weighted by Crippen LogP contribution is -2.40. The first kappa shape index (κ1) is 11.4. The van der Waals surface area contributed by atoms with Crippen molar-refractivity contribution in [2.75, 3.05) is 6.54 Å². The Bertz CT molecular complexity index is 126. The van der Waals surface area contributed by atoms with E-state index in [-0.39, 0.29) is 11.8 Å². The summed E-state index contributed by atoms with van der Waals surface area (Å²) < 4.78 is 0. The molecule has 0 aliphatic carbocycles. The fourth-order valence-electron chi connectivity index (χ4n) is 0.962. The van der Waals surface area contributed by atoms with Crippen LogP contribution >= 0.6 is 0 Å². The molecule has 1 amide bonds. The fourth-order valence-corrected chi connectivity index (χ4v) is 0.962. The molecule has 12 heavy (non-hydrogen) atoms. The second-order valence-corrected chi connectivity index (χ2v) is 3.11. The average molecular weight is 172 g/mol. The van der Waals surface area contributed by atoms with Crippen molar-refractivity contribution >= 4 is 5.91 Å². The van der Waals surface area contributed by atoms with Crippen molar-refractivity contribution in [1.82, 2.24) is 10.9 Å². The maximum Gasteiger partial charge on any atom is 0.236 e. The van der Waals surface area contributed by atoms with Crippen LogP contribution in [-0.4, -0.2) is 12.5 Å². The highest BCUT2D eigenvalue weighted by Crippen LogP contribution is 2.03. The molecule has 0 bridgehead atoms. The zero-order valence-electron chi connectivity index (χ0n) is 8.31. The Hall–Kier alpha value is -0.570. The van der Waals surface area contributed by atoms with Crippen molar-refractivity contribution < 1.29 is 4.79 Å². The number of hydrogen-bond donors (Lipinski definition) is 2. The SMILES string of the molecule is CCCNNC(=O)C(C)CCC. The highest BCUT2D eigenvalue weighted by Gasteiger charge is 2.09. The van der Waals surface area contributed by atoms with Gasteiger partial charge < -0.3 is 0 Å². The molecule has 0 aliphatic heterocycles. The molecule has 3 heteroatoms. The minimum Gasteiger partial charge on any atom is -0.291 e. The second kappa shape index (κ2) is 7.10. The molecule has 72 valence electrons. The number of amides is 1. The van der Waals surface area contributed by atoms with Crippen LogP contribution in [0.25, 0.3) is 0 Å². The molecule has 1 atom stereocenters. The number of carbonyl (C=O) groups is 1. The van der Waals surface area contributed by atoms with Crippen molar-refractivity contribution in [3.63, 3.8) is 0 Å². The lowest BCUT2D eigenvalue weighted by molar-refractivity contribution is -0.125. The Labute approximate surface area is 74.9 Å². The first-order valence-corrected chi connectivity index (χ1v) is 4.75. The van der Waals surface area contributed by atoms with Crippen molar-refractivity contribution in [1.29, 1.82) is 0 Å². The molecular formula is C9H20N2O. The smallest absolute Gasteiger partial charge is 0.236 e. The predicted molar refractivity (Wildman–Crippen MR) is 50.5 cm³/mol. The molecule has 1 unspecified atom stereocenters. The fraction of sp³-hybridized carbons (Fsp3) is 0.889. The largest absolute Gasteiger partial charge is 0.291 e. The van der Waals surface area contributed by atoms with Crippen LogP contribution in [0.3, 0.4) is 0 Å². The van der Waals surface area contributed by atoms with Crippen molar-refractivity contribution in [3.05, 3.63) is 0 Å². The van der Waals surface area contributed by atoms with Gasteiger partial charge in [-0.25, -0.2) is 5.43 Å². The van der Waals surface area contributed by atoms with Gasteiger partial charge in [0, 0.05) is 12.5 Å². The third kappa shape index (κ3) is 5.13. The molecule has 0 aromatic carbocycles. The molecule has 0 aromatic heterocycles. The Morgan fingerprint density at radius 2 is 2.00 bits per heavy atom. The Kier molecular flexibility index (Phi) is 6.76. The van der Waals surface area contributed by atoms with Gasteiger partial charge in [-0.1, -0.05) is 27.2 Å². The van der Waals surface area contributed by atoms with Crippen LogP contribution in [0.4, 0.5) is 0 Å². The highest BCUT2D eigenvalue weighted by atomic mass is 16.2.